The lowest BCUT2D eigenvalue weighted by Gasteiger charge is -2.36. The lowest BCUT2D eigenvalue weighted by molar-refractivity contribution is 0.0645. The van der Waals surface area contributed by atoms with Gasteiger partial charge in [0, 0.05) is 31.9 Å². The number of nitrogens with one attached hydrogen (secondary N) is 1. The molecule has 114 valence electrons. The first kappa shape index (κ1) is 14.4. The predicted octanol–water partition coefficient (Wildman–Crippen LogP) is 2.43. The third-order valence-electron chi connectivity index (χ3n) is 4.84. The Labute approximate surface area is 127 Å². The zero-order valence-corrected chi connectivity index (χ0v) is 12.8. The summed E-state index contributed by atoms with van der Waals surface area (Å²) in [6, 6.07) is 8.47. The van der Waals surface area contributed by atoms with E-state index in [-0.39, 0.29) is 5.91 Å². The summed E-state index contributed by atoms with van der Waals surface area (Å²) < 4.78 is 0. The minimum atomic E-state index is 0.167. The Morgan fingerprint density at radius 2 is 1.76 bits per heavy atom. The Bertz CT molecular complexity index is 489. The zero-order chi connectivity index (χ0) is 14.7. The smallest absolute Gasteiger partial charge is 0.255 e. The molecule has 3 rings (SSSR count). The number of hydrogen-bond acceptors (Lipinski definition) is 3. The molecule has 0 spiro atoms. The zero-order valence-electron chi connectivity index (χ0n) is 12.8. The first-order chi connectivity index (χ1) is 10.3. The highest BCUT2D eigenvalue weighted by Crippen LogP contribution is 2.23. The number of hydrogen-bond donors (Lipinski definition) is 1. The normalized spacial score (nSPS) is 20.7. The number of amides is 1. The summed E-state index contributed by atoms with van der Waals surface area (Å²) in [5.74, 6) is 0.167. The number of benzene rings is 1. The lowest BCUT2D eigenvalue weighted by Crippen LogP contribution is -2.46. The maximum Gasteiger partial charge on any atom is 0.255 e. The fourth-order valence-electron chi connectivity index (χ4n) is 3.60. The van der Waals surface area contributed by atoms with Crippen molar-refractivity contribution in [2.24, 2.45) is 0 Å². The van der Waals surface area contributed by atoms with Crippen molar-refractivity contribution in [2.45, 2.75) is 31.7 Å². The summed E-state index contributed by atoms with van der Waals surface area (Å²) in [5, 5.41) is 3.11. The van der Waals surface area contributed by atoms with E-state index < -0.39 is 0 Å². The first-order valence-electron chi connectivity index (χ1n) is 8.09. The standard InChI is InChI=1S/C17H25N3O/c1-18-16-7-3-2-6-15(16)17(21)20-12-8-14(9-13-20)19-10-4-5-11-19/h2-3,6-7,14,18H,4-5,8-13H2,1H3. The van der Waals surface area contributed by atoms with Crippen LogP contribution >= 0.6 is 0 Å². The van der Waals surface area contributed by atoms with Crippen molar-refractivity contribution < 1.29 is 4.79 Å². The van der Waals surface area contributed by atoms with Gasteiger partial charge in [0.05, 0.1) is 5.56 Å². The van der Waals surface area contributed by atoms with Gasteiger partial charge in [-0.2, -0.15) is 0 Å². The van der Waals surface area contributed by atoms with E-state index in [0.29, 0.717) is 6.04 Å². The Hall–Kier alpha value is -1.55. The van der Waals surface area contributed by atoms with Crippen molar-refractivity contribution >= 4 is 11.6 Å². The number of rotatable bonds is 3. The van der Waals surface area contributed by atoms with Gasteiger partial charge in [-0.25, -0.2) is 0 Å². The molecule has 0 unspecified atom stereocenters. The lowest BCUT2D eigenvalue weighted by atomic mass is 10.0. The number of anilines is 1. The molecule has 2 heterocycles. The average Bonchev–Trinajstić information content (AvgIpc) is 3.09. The Balaban J connectivity index is 1.62. The van der Waals surface area contributed by atoms with Crippen LogP contribution in [-0.4, -0.2) is 55.0 Å². The third kappa shape index (κ3) is 3.05. The van der Waals surface area contributed by atoms with Crippen LogP contribution in [0.2, 0.25) is 0 Å². The molecular formula is C17H25N3O. The van der Waals surface area contributed by atoms with Crippen molar-refractivity contribution in [2.75, 3.05) is 38.5 Å². The molecule has 4 heteroatoms. The third-order valence-corrected chi connectivity index (χ3v) is 4.84. The van der Waals surface area contributed by atoms with Gasteiger partial charge >= 0.3 is 0 Å². The highest BCUT2D eigenvalue weighted by atomic mass is 16.2. The van der Waals surface area contributed by atoms with E-state index in [2.05, 4.69) is 10.2 Å². The fourth-order valence-corrected chi connectivity index (χ4v) is 3.60. The van der Waals surface area contributed by atoms with Gasteiger partial charge in [0.1, 0.15) is 0 Å². The van der Waals surface area contributed by atoms with Crippen LogP contribution in [0, 0.1) is 0 Å². The summed E-state index contributed by atoms with van der Waals surface area (Å²) >= 11 is 0. The maximum absolute atomic E-state index is 12.7. The fraction of sp³-hybridized carbons (Fsp3) is 0.588. The molecule has 1 aromatic carbocycles. The van der Waals surface area contributed by atoms with Crippen LogP contribution in [0.25, 0.3) is 0 Å². The van der Waals surface area contributed by atoms with Gasteiger partial charge < -0.3 is 15.1 Å². The topological polar surface area (TPSA) is 35.6 Å². The van der Waals surface area contributed by atoms with Crippen LogP contribution in [0.15, 0.2) is 24.3 Å². The molecule has 0 bridgehead atoms. The van der Waals surface area contributed by atoms with Crippen molar-refractivity contribution in [1.29, 1.82) is 0 Å². The van der Waals surface area contributed by atoms with Crippen molar-refractivity contribution in [1.82, 2.24) is 9.80 Å². The number of carbonyl (C=O) groups excluding carboxylic acids is 1. The summed E-state index contributed by atoms with van der Waals surface area (Å²) in [6.45, 7) is 4.28. The molecule has 1 amide bonds. The van der Waals surface area contributed by atoms with Gasteiger partial charge in [-0.15, -0.1) is 0 Å². The number of para-hydroxylation sites is 1. The number of piperidine rings is 1. The van der Waals surface area contributed by atoms with Crippen molar-refractivity contribution in [3.8, 4) is 0 Å². The van der Waals surface area contributed by atoms with Crippen LogP contribution in [0.4, 0.5) is 5.69 Å². The van der Waals surface area contributed by atoms with Crippen molar-refractivity contribution in [3.05, 3.63) is 29.8 Å². The molecule has 0 atom stereocenters. The quantitative estimate of drug-likeness (QED) is 0.927. The molecule has 0 aliphatic carbocycles. The Morgan fingerprint density at radius 1 is 1.10 bits per heavy atom. The molecular weight excluding hydrogens is 262 g/mol. The Morgan fingerprint density at radius 3 is 2.43 bits per heavy atom. The second kappa shape index (κ2) is 6.48. The van der Waals surface area contributed by atoms with E-state index in [1.54, 1.807) is 0 Å². The van der Waals surface area contributed by atoms with Crippen molar-refractivity contribution in [3.63, 3.8) is 0 Å². The predicted molar refractivity (Wildman–Crippen MR) is 85.7 cm³/mol. The Kier molecular flexibility index (Phi) is 4.44. The summed E-state index contributed by atoms with van der Waals surface area (Å²) in [4.78, 5) is 17.3. The van der Waals surface area contributed by atoms with Crippen LogP contribution < -0.4 is 5.32 Å². The minimum Gasteiger partial charge on any atom is -0.387 e. The van der Waals surface area contributed by atoms with E-state index in [1.807, 2.05) is 36.2 Å². The van der Waals surface area contributed by atoms with Gasteiger partial charge in [-0.1, -0.05) is 12.1 Å². The molecule has 2 aliphatic rings. The van der Waals surface area contributed by atoms with Gasteiger partial charge in [0.15, 0.2) is 0 Å². The van der Waals surface area contributed by atoms with Gasteiger partial charge in [0.2, 0.25) is 0 Å². The molecule has 21 heavy (non-hydrogen) atoms. The SMILES string of the molecule is CNc1ccccc1C(=O)N1CCC(N2CCCC2)CC1. The van der Waals surface area contributed by atoms with Crippen LogP contribution in [0.5, 0.6) is 0 Å². The highest BCUT2D eigenvalue weighted by Gasteiger charge is 2.29. The summed E-state index contributed by atoms with van der Waals surface area (Å²) in [7, 11) is 1.87. The summed E-state index contributed by atoms with van der Waals surface area (Å²) in [6.07, 6.45) is 4.92. The molecule has 0 aromatic heterocycles. The average molecular weight is 287 g/mol. The molecule has 4 nitrogen and oxygen atoms in total. The van der Waals surface area contributed by atoms with Gasteiger partial charge in [-0.3, -0.25) is 4.79 Å². The number of carbonyl (C=O) groups is 1. The second-order valence-electron chi connectivity index (χ2n) is 6.06. The number of nitrogens with zero attached hydrogens (tertiary/aromatic N) is 2. The van der Waals surface area contributed by atoms with Gasteiger partial charge in [0.25, 0.3) is 5.91 Å². The van der Waals surface area contributed by atoms with Crippen LogP contribution in [0.1, 0.15) is 36.0 Å². The van der Waals surface area contributed by atoms with E-state index in [1.165, 1.54) is 25.9 Å². The maximum atomic E-state index is 12.7. The van der Waals surface area contributed by atoms with Crippen LogP contribution in [0.3, 0.4) is 0 Å². The largest absolute Gasteiger partial charge is 0.387 e. The van der Waals surface area contributed by atoms with E-state index in [4.69, 9.17) is 0 Å². The summed E-state index contributed by atoms with van der Waals surface area (Å²) in [5.41, 5.74) is 1.71. The second-order valence-corrected chi connectivity index (χ2v) is 6.06. The highest BCUT2D eigenvalue weighted by molar-refractivity contribution is 5.99. The number of likely N-dealkylation sites (tertiary alicyclic amines) is 2. The molecule has 0 saturated carbocycles. The van der Waals surface area contributed by atoms with E-state index >= 15 is 0 Å². The molecule has 0 radical (unpaired) electrons. The minimum absolute atomic E-state index is 0.167. The molecule has 1 N–H and O–H groups in total. The van der Waals surface area contributed by atoms with E-state index in [9.17, 15) is 4.79 Å². The first-order valence-corrected chi connectivity index (χ1v) is 8.09. The van der Waals surface area contributed by atoms with Gasteiger partial charge in [-0.05, 0) is 50.9 Å². The monoisotopic (exact) mass is 287 g/mol. The molecule has 2 fully saturated rings. The molecule has 2 saturated heterocycles. The van der Waals surface area contributed by atoms with E-state index in [0.717, 1.165) is 37.2 Å². The molecule has 1 aromatic rings. The van der Waals surface area contributed by atoms with Crippen LogP contribution in [-0.2, 0) is 0 Å². The molecule has 2 aliphatic heterocycles.